The number of carboxylic acids is 1. The molecule has 0 bridgehead atoms. The van der Waals surface area contributed by atoms with Gasteiger partial charge in [-0.15, -0.1) is 0 Å². The highest BCUT2D eigenvalue weighted by atomic mass is 19.1. The minimum absolute atomic E-state index is 0.0187. The van der Waals surface area contributed by atoms with Crippen LogP contribution in [-0.2, 0) is 4.79 Å². The van der Waals surface area contributed by atoms with E-state index in [9.17, 15) is 14.0 Å². The first kappa shape index (κ1) is 13.3. The third-order valence-electron chi connectivity index (χ3n) is 3.46. The van der Waals surface area contributed by atoms with Crippen LogP contribution in [-0.4, -0.2) is 35.0 Å². The van der Waals surface area contributed by atoms with Crippen LogP contribution in [0.15, 0.2) is 18.2 Å². The average molecular weight is 266 g/mol. The van der Waals surface area contributed by atoms with Crippen LogP contribution in [0.1, 0.15) is 17.3 Å². The van der Waals surface area contributed by atoms with Gasteiger partial charge in [-0.05, 0) is 24.1 Å². The topological polar surface area (TPSA) is 83.6 Å². The van der Waals surface area contributed by atoms with Gasteiger partial charge in [-0.1, -0.05) is 6.92 Å². The van der Waals surface area contributed by atoms with Crippen molar-refractivity contribution in [1.29, 1.82) is 0 Å². The van der Waals surface area contributed by atoms with Crippen molar-refractivity contribution in [2.75, 3.05) is 18.8 Å². The maximum absolute atomic E-state index is 13.3. The average Bonchev–Trinajstić information content (AvgIpc) is 2.74. The Bertz CT molecular complexity index is 533. The van der Waals surface area contributed by atoms with Crippen LogP contribution < -0.4 is 5.73 Å². The lowest BCUT2D eigenvalue weighted by molar-refractivity contribution is -0.142. The molecule has 1 aliphatic heterocycles. The predicted molar refractivity (Wildman–Crippen MR) is 67.0 cm³/mol. The Morgan fingerprint density at radius 1 is 1.42 bits per heavy atom. The molecule has 1 fully saturated rings. The van der Waals surface area contributed by atoms with Gasteiger partial charge in [0, 0.05) is 18.7 Å². The van der Waals surface area contributed by atoms with Gasteiger partial charge in [0.2, 0.25) is 0 Å². The van der Waals surface area contributed by atoms with Crippen molar-refractivity contribution in [1.82, 2.24) is 4.90 Å². The van der Waals surface area contributed by atoms with E-state index in [1.807, 2.05) is 0 Å². The number of hydrogen-bond acceptors (Lipinski definition) is 3. The van der Waals surface area contributed by atoms with Gasteiger partial charge in [0.1, 0.15) is 5.82 Å². The Hall–Kier alpha value is -2.11. The smallest absolute Gasteiger partial charge is 0.308 e. The monoisotopic (exact) mass is 266 g/mol. The standard InChI is InChI=1S/C13H15FN2O3/c1-7-5-16(6-9(7)13(18)19)12(17)8-2-3-11(15)10(14)4-8/h2-4,7,9H,5-6,15H2,1H3,(H,18,19). The Balaban J connectivity index is 2.17. The van der Waals surface area contributed by atoms with E-state index in [0.29, 0.717) is 6.54 Å². The number of rotatable bonds is 2. The number of anilines is 1. The summed E-state index contributed by atoms with van der Waals surface area (Å²) in [6.45, 7) is 2.30. The van der Waals surface area contributed by atoms with Crippen molar-refractivity contribution in [2.45, 2.75) is 6.92 Å². The van der Waals surface area contributed by atoms with E-state index in [1.54, 1.807) is 6.92 Å². The molecule has 1 aliphatic rings. The molecule has 0 radical (unpaired) electrons. The molecular formula is C13H15FN2O3. The largest absolute Gasteiger partial charge is 0.481 e. The third-order valence-corrected chi connectivity index (χ3v) is 3.46. The molecule has 0 saturated carbocycles. The molecule has 1 aromatic carbocycles. The Labute approximate surface area is 109 Å². The van der Waals surface area contributed by atoms with Gasteiger partial charge in [-0.3, -0.25) is 9.59 Å². The van der Waals surface area contributed by atoms with E-state index in [1.165, 1.54) is 17.0 Å². The summed E-state index contributed by atoms with van der Waals surface area (Å²) >= 11 is 0. The third kappa shape index (κ3) is 2.52. The number of aliphatic carboxylic acids is 1. The maximum atomic E-state index is 13.3. The zero-order valence-electron chi connectivity index (χ0n) is 10.5. The minimum atomic E-state index is -0.911. The molecule has 1 aromatic rings. The molecule has 0 aliphatic carbocycles. The second kappa shape index (κ2) is 4.87. The van der Waals surface area contributed by atoms with Crippen molar-refractivity contribution in [2.24, 2.45) is 11.8 Å². The fraction of sp³-hybridized carbons (Fsp3) is 0.385. The Morgan fingerprint density at radius 2 is 2.11 bits per heavy atom. The minimum Gasteiger partial charge on any atom is -0.481 e. The van der Waals surface area contributed by atoms with E-state index >= 15 is 0 Å². The van der Waals surface area contributed by atoms with Crippen LogP contribution in [0, 0.1) is 17.7 Å². The van der Waals surface area contributed by atoms with Crippen LogP contribution in [0.25, 0.3) is 0 Å². The molecule has 2 atom stereocenters. The fourth-order valence-electron chi connectivity index (χ4n) is 2.30. The first-order valence-corrected chi connectivity index (χ1v) is 5.97. The summed E-state index contributed by atoms with van der Waals surface area (Å²) in [4.78, 5) is 24.6. The van der Waals surface area contributed by atoms with Crippen LogP contribution in [0.4, 0.5) is 10.1 Å². The second-order valence-corrected chi connectivity index (χ2v) is 4.87. The highest BCUT2D eigenvalue weighted by Crippen LogP contribution is 2.25. The van der Waals surface area contributed by atoms with Gasteiger partial charge in [0.15, 0.2) is 0 Å². The van der Waals surface area contributed by atoms with Gasteiger partial charge >= 0.3 is 5.97 Å². The molecule has 3 N–H and O–H groups in total. The van der Waals surface area contributed by atoms with Gasteiger partial charge in [-0.2, -0.15) is 0 Å². The molecule has 1 amide bonds. The lowest BCUT2D eigenvalue weighted by Crippen LogP contribution is -2.30. The van der Waals surface area contributed by atoms with Crippen molar-refractivity contribution in [3.63, 3.8) is 0 Å². The van der Waals surface area contributed by atoms with E-state index < -0.39 is 17.7 Å². The van der Waals surface area contributed by atoms with E-state index in [2.05, 4.69) is 0 Å². The number of hydrogen-bond donors (Lipinski definition) is 2. The molecule has 102 valence electrons. The molecule has 19 heavy (non-hydrogen) atoms. The molecule has 2 unspecified atom stereocenters. The number of nitrogen functional groups attached to an aromatic ring is 1. The summed E-state index contributed by atoms with van der Waals surface area (Å²) < 4.78 is 13.3. The van der Waals surface area contributed by atoms with Crippen molar-refractivity contribution in [3.8, 4) is 0 Å². The van der Waals surface area contributed by atoms with Gasteiger partial charge < -0.3 is 15.7 Å². The summed E-state index contributed by atoms with van der Waals surface area (Å²) in [7, 11) is 0. The number of carboxylic acid groups (broad SMARTS) is 1. The van der Waals surface area contributed by atoms with Crippen LogP contribution in [0.2, 0.25) is 0 Å². The number of amides is 1. The van der Waals surface area contributed by atoms with Crippen LogP contribution in [0.3, 0.4) is 0 Å². The Kier molecular flexibility index (Phi) is 3.42. The first-order chi connectivity index (χ1) is 8.90. The number of carbonyl (C=O) groups excluding carboxylic acids is 1. The predicted octanol–water partition coefficient (Wildman–Crippen LogP) is 1.20. The fourth-order valence-corrected chi connectivity index (χ4v) is 2.30. The first-order valence-electron chi connectivity index (χ1n) is 5.97. The normalized spacial score (nSPS) is 22.5. The molecule has 5 nitrogen and oxygen atoms in total. The van der Waals surface area contributed by atoms with E-state index in [4.69, 9.17) is 10.8 Å². The summed E-state index contributed by atoms with van der Waals surface area (Å²) in [5.74, 6) is -2.60. The highest BCUT2D eigenvalue weighted by Gasteiger charge is 2.37. The molecule has 0 aromatic heterocycles. The van der Waals surface area contributed by atoms with Crippen molar-refractivity contribution in [3.05, 3.63) is 29.6 Å². The summed E-state index contributed by atoms with van der Waals surface area (Å²) in [6, 6.07) is 3.85. The second-order valence-electron chi connectivity index (χ2n) is 4.87. The SMILES string of the molecule is CC1CN(C(=O)c2ccc(N)c(F)c2)CC1C(=O)O. The van der Waals surface area contributed by atoms with Gasteiger partial charge in [0.05, 0.1) is 11.6 Å². The summed E-state index contributed by atoms with van der Waals surface area (Å²) in [5, 5.41) is 9.02. The molecule has 0 spiro atoms. The number of carbonyl (C=O) groups is 2. The highest BCUT2D eigenvalue weighted by molar-refractivity contribution is 5.95. The zero-order valence-corrected chi connectivity index (χ0v) is 10.5. The summed E-state index contributed by atoms with van der Waals surface area (Å²) in [6.07, 6.45) is 0. The van der Waals surface area contributed by atoms with Crippen molar-refractivity contribution < 1.29 is 19.1 Å². The van der Waals surface area contributed by atoms with Gasteiger partial charge in [0.25, 0.3) is 5.91 Å². The number of nitrogens with two attached hydrogens (primary N) is 1. The number of benzene rings is 1. The zero-order chi connectivity index (χ0) is 14.2. The van der Waals surface area contributed by atoms with Crippen LogP contribution >= 0.6 is 0 Å². The van der Waals surface area contributed by atoms with E-state index in [-0.39, 0.29) is 29.6 Å². The summed E-state index contributed by atoms with van der Waals surface area (Å²) in [5.41, 5.74) is 5.51. The molecular weight excluding hydrogens is 251 g/mol. The molecule has 1 saturated heterocycles. The Morgan fingerprint density at radius 3 is 2.63 bits per heavy atom. The molecule has 2 rings (SSSR count). The quantitative estimate of drug-likeness (QED) is 0.788. The molecule has 1 heterocycles. The van der Waals surface area contributed by atoms with E-state index in [0.717, 1.165) is 6.07 Å². The number of halogens is 1. The van der Waals surface area contributed by atoms with Gasteiger partial charge in [-0.25, -0.2) is 4.39 Å². The lowest BCUT2D eigenvalue weighted by atomic mass is 9.99. The van der Waals surface area contributed by atoms with Crippen molar-refractivity contribution >= 4 is 17.6 Å². The van der Waals surface area contributed by atoms with Crippen LogP contribution in [0.5, 0.6) is 0 Å². The maximum Gasteiger partial charge on any atom is 0.308 e. The molecule has 6 heteroatoms. The number of likely N-dealkylation sites (tertiary alicyclic amines) is 1. The lowest BCUT2D eigenvalue weighted by Gasteiger charge is -2.16. The number of nitrogens with zero attached hydrogens (tertiary/aromatic N) is 1.